The summed E-state index contributed by atoms with van der Waals surface area (Å²) >= 11 is 0. The van der Waals surface area contributed by atoms with Crippen molar-refractivity contribution < 1.29 is 80.2 Å². The van der Waals surface area contributed by atoms with Gasteiger partial charge in [-0.3, -0.25) is 37.3 Å². The van der Waals surface area contributed by atoms with E-state index in [1.165, 1.54) is 167 Å². The Kier molecular flexibility index (Phi) is 66.3. The number of ether oxygens (including phenoxy) is 4. The highest BCUT2D eigenvalue weighted by Gasteiger charge is 2.30. The average molecular weight is 1420 g/mol. The number of aliphatic hydroxyl groups excluding tert-OH is 1. The Morgan fingerprint density at radius 2 is 0.608 bits per heavy atom. The summed E-state index contributed by atoms with van der Waals surface area (Å²) in [6.07, 6.45) is 57.9. The molecule has 19 heteroatoms. The molecule has 0 radical (unpaired) electrons. The van der Waals surface area contributed by atoms with Crippen molar-refractivity contribution >= 4 is 39.5 Å². The Morgan fingerprint density at radius 3 is 0.918 bits per heavy atom. The molecule has 0 rings (SSSR count). The smallest absolute Gasteiger partial charge is 0.462 e. The number of unbranched alkanes of at least 4 members (excludes halogenated alkanes) is 38. The minimum absolute atomic E-state index is 0.0850. The van der Waals surface area contributed by atoms with Crippen molar-refractivity contribution in [3.63, 3.8) is 0 Å². The van der Waals surface area contributed by atoms with E-state index in [0.717, 1.165) is 121 Å². The van der Waals surface area contributed by atoms with E-state index in [1.54, 1.807) is 0 Å². The van der Waals surface area contributed by atoms with Crippen LogP contribution in [0.15, 0.2) is 24.3 Å². The molecule has 0 saturated heterocycles. The van der Waals surface area contributed by atoms with E-state index in [9.17, 15) is 43.2 Å². The zero-order valence-corrected chi connectivity index (χ0v) is 64.8. The lowest BCUT2D eigenvalue weighted by atomic mass is 9.99. The molecule has 0 heterocycles. The zero-order valence-electron chi connectivity index (χ0n) is 63.0. The molecule has 0 aliphatic carbocycles. The van der Waals surface area contributed by atoms with Crippen molar-refractivity contribution in [2.24, 2.45) is 17.8 Å². The number of hydrogen-bond donors (Lipinski definition) is 3. The number of allylic oxidation sites excluding steroid dienone is 4. The molecule has 0 saturated carbocycles. The normalized spacial score (nSPS) is 14.5. The van der Waals surface area contributed by atoms with E-state index in [1.807, 2.05) is 0 Å². The van der Waals surface area contributed by atoms with Crippen LogP contribution in [0.4, 0.5) is 0 Å². The number of carbonyl (C=O) groups is 4. The van der Waals surface area contributed by atoms with Crippen molar-refractivity contribution in [3.05, 3.63) is 24.3 Å². The van der Waals surface area contributed by atoms with E-state index in [2.05, 4.69) is 72.8 Å². The first-order valence-electron chi connectivity index (χ1n) is 39.7. The molecule has 572 valence electrons. The number of hydrogen-bond acceptors (Lipinski definition) is 15. The fourth-order valence-electron chi connectivity index (χ4n) is 11.4. The molecule has 3 unspecified atom stereocenters. The Labute approximate surface area is 592 Å². The molecule has 0 spiro atoms. The van der Waals surface area contributed by atoms with Gasteiger partial charge in [-0.2, -0.15) is 0 Å². The monoisotopic (exact) mass is 1420 g/mol. The first kappa shape index (κ1) is 94.5. The summed E-state index contributed by atoms with van der Waals surface area (Å²) in [7, 11) is -9.93. The molecule has 0 aromatic carbocycles. The van der Waals surface area contributed by atoms with Crippen molar-refractivity contribution in [2.45, 2.75) is 394 Å². The summed E-state index contributed by atoms with van der Waals surface area (Å²) in [5, 5.41) is 10.6. The van der Waals surface area contributed by atoms with E-state index in [-0.39, 0.29) is 25.7 Å². The standard InChI is InChI=1S/C78H148O17P2/c1-8-10-11-12-13-14-15-16-21-26-29-32-38-47-54-61-77(82)94-73(65-88-75(80)59-52-45-37-31-28-25-23-20-18-17-19-22-24-27-30-35-42-49-56-69(3)4)67-92-96(84,85)90-63-72(79)64-91-97(86,87)93-68-74(66-89-76(81)60-53-46-41-40-43-50-57-70(5)6)95-78(83)62-55-48-39-34-33-36-44-51-58-71(7)9-2/h14-16,21,69-74,79H,8-13,17-20,22-68H2,1-7H3,(H,84,85)(H,86,87)/b15-14-,21-16-/t71?,72-,73-,74-/m1/s1. The van der Waals surface area contributed by atoms with Gasteiger partial charge >= 0.3 is 39.5 Å². The molecule has 3 N–H and O–H groups in total. The second kappa shape index (κ2) is 68.0. The summed E-state index contributed by atoms with van der Waals surface area (Å²) in [6.45, 7) is 11.8. The van der Waals surface area contributed by atoms with Gasteiger partial charge in [0.1, 0.15) is 19.3 Å². The van der Waals surface area contributed by atoms with E-state index in [4.69, 9.17) is 37.0 Å². The third-order valence-corrected chi connectivity index (χ3v) is 19.8. The number of phosphoric acid groups is 2. The highest BCUT2D eigenvalue weighted by molar-refractivity contribution is 7.47. The molecular formula is C78H148O17P2. The molecule has 0 aliphatic rings. The fourth-order valence-corrected chi connectivity index (χ4v) is 13.0. The van der Waals surface area contributed by atoms with Crippen LogP contribution in [-0.4, -0.2) is 96.7 Å². The number of carbonyl (C=O) groups excluding carboxylic acids is 4. The molecule has 17 nitrogen and oxygen atoms in total. The van der Waals surface area contributed by atoms with Gasteiger partial charge in [-0.15, -0.1) is 0 Å². The van der Waals surface area contributed by atoms with Gasteiger partial charge in [0.2, 0.25) is 0 Å². The average Bonchev–Trinajstić information content (AvgIpc) is 2.64. The Bertz CT molecular complexity index is 1980. The van der Waals surface area contributed by atoms with E-state index in [0.29, 0.717) is 31.6 Å². The summed E-state index contributed by atoms with van der Waals surface area (Å²) in [5.41, 5.74) is 0. The van der Waals surface area contributed by atoms with Crippen LogP contribution in [0.2, 0.25) is 0 Å². The third-order valence-electron chi connectivity index (χ3n) is 17.9. The maximum Gasteiger partial charge on any atom is 0.472 e. The molecule has 0 fully saturated rings. The predicted molar refractivity (Wildman–Crippen MR) is 395 cm³/mol. The van der Waals surface area contributed by atoms with E-state index >= 15 is 0 Å². The quantitative estimate of drug-likeness (QED) is 0.0169. The Morgan fingerprint density at radius 1 is 0.340 bits per heavy atom. The molecule has 0 aromatic heterocycles. The maximum atomic E-state index is 13.1. The summed E-state index contributed by atoms with van der Waals surface area (Å²) in [6, 6.07) is 0. The first-order chi connectivity index (χ1) is 46.8. The highest BCUT2D eigenvalue weighted by Crippen LogP contribution is 2.45. The molecule has 0 aromatic rings. The second-order valence-electron chi connectivity index (χ2n) is 28.6. The molecule has 6 atom stereocenters. The Hall–Kier alpha value is -2.46. The van der Waals surface area contributed by atoms with E-state index < -0.39 is 97.5 Å². The van der Waals surface area contributed by atoms with Gasteiger partial charge in [-0.1, -0.05) is 323 Å². The number of aliphatic hydroxyl groups is 1. The highest BCUT2D eigenvalue weighted by atomic mass is 31.2. The minimum Gasteiger partial charge on any atom is -0.462 e. The maximum absolute atomic E-state index is 13.1. The lowest BCUT2D eigenvalue weighted by Crippen LogP contribution is -2.30. The summed E-state index contributed by atoms with van der Waals surface area (Å²) in [4.78, 5) is 72.8. The van der Waals surface area contributed by atoms with Crippen molar-refractivity contribution in [2.75, 3.05) is 39.6 Å². The lowest BCUT2D eigenvalue weighted by Gasteiger charge is -2.21. The Balaban J connectivity index is 5.23. The van der Waals surface area contributed by atoms with Crippen LogP contribution in [0, 0.1) is 17.8 Å². The first-order valence-corrected chi connectivity index (χ1v) is 42.7. The predicted octanol–water partition coefficient (Wildman–Crippen LogP) is 22.5. The van der Waals surface area contributed by atoms with Gasteiger partial charge in [0.05, 0.1) is 26.4 Å². The fraction of sp³-hybridized carbons (Fsp3) is 0.897. The minimum atomic E-state index is -4.97. The third kappa shape index (κ3) is 70.4. The molecule has 0 bridgehead atoms. The largest absolute Gasteiger partial charge is 0.472 e. The number of phosphoric ester groups is 2. The topological polar surface area (TPSA) is 237 Å². The SMILES string of the molecule is CCCCCC/C=C\C=C/CCCCCCCC(=O)O[C@H](COC(=O)CCCCCCCCCCCCCCCCCCCCC(C)C)COP(=O)(O)OC[C@@H](O)COP(=O)(O)OC[C@@H](COC(=O)CCCCCCCCC(C)C)OC(=O)CCCCCCCCCCC(C)CC. The van der Waals surface area contributed by atoms with Gasteiger partial charge in [0.15, 0.2) is 12.2 Å². The van der Waals surface area contributed by atoms with Gasteiger partial charge in [0, 0.05) is 25.7 Å². The molecule has 0 amide bonds. The van der Waals surface area contributed by atoms with Crippen LogP contribution in [-0.2, 0) is 65.4 Å². The molecule has 97 heavy (non-hydrogen) atoms. The second-order valence-corrected chi connectivity index (χ2v) is 31.5. The van der Waals surface area contributed by atoms with Crippen LogP contribution in [0.3, 0.4) is 0 Å². The summed E-state index contributed by atoms with van der Waals surface area (Å²) < 4.78 is 68.5. The summed E-state index contributed by atoms with van der Waals surface area (Å²) in [5.74, 6) is 0.116. The molecular weight excluding hydrogens is 1270 g/mol. The van der Waals surface area contributed by atoms with Crippen LogP contribution >= 0.6 is 15.6 Å². The van der Waals surface area contributed by atoms with Gasteiger partial charge in [-0.05, 0) is 69.1 Å². The number of rotatable bonds is 74. The van der Waals surface area contributed by atoms with Crippen molar-refractivity contribution in [1.82, 2.24) is 0 Å². The van der Waals surface area contributed by atoms with Gasteiger partial charge in [-0.25, -0.2) is 9.13 Å². The lowest BCUT2D eigenvalue weighted by molar-refractivity contribution is -0.161. The zero-order chi connectivity index (χ0) is 71.6. The number of esters is 4. The van der Waals surface area contributed by atoms with Gasteiger partial charge < -0.3 is 33.8 Å². The van der Waals surface area contributed by atoms with Crippen molar-refractivity contribution in [1.29, 1.82) is 0 Å². The molecule has 0 aliphatic heterocycles. The van der Waals surface area contributed by atoms with Crippen LogP contribution < -0.4 is 0 Å². The van der Waals surface area contributed by atoms with Gasteiger partial charge in [0.25, 0.3) is 0 Å². The van der Waals surface area contributed by atoms with Crippen LogP contribution in [0.25, 0.3) is 0 Å². The van der Waals surface area contributed by atoms with Crippen molar-refractivity contribution in [3.8, 4) is 0 Å². The van der Waals surface area contributed by atoms with Crippen LogP contribution in [0.1, 0.15) is 376 Å². The van der Waals surface area contributed by atoms with Crippen LogP contribution in [0.5, 0.6) is 0 Å².